The number of furan rings is 1. The largest absolute Gasteiger partial charge is 0.456 e. The first-order valence-corrected chi connectivity index (χ1v) is 24.7. The van der Waals surface area contributed by atoms with Gasteiger partial charge in [-0.05, 0) is 115 Å². The molecule has 0 aliphatic heterocycles. The van der Waals surface area contributed by atoms with Gasteiger partial charge < -0.3 is 4.42 Å². The highest BCUT2D eigenvalue weighted by molar-refractivity contribution is 6.24. The Morgan fingerprint density at radius 1 is 0.219 bits per heavy atom. The highest BCUT2D eigenvalue weighted by atomic mass is 16.3. The number of benzene rings is 12. The lowest BCUT2D eigenvalue weighted by Crippen LogP contribution is -1.92. The summed E-state index contributed by atoms with van der Waals surface area (Å²) in [6.45, 7) is 0. The van der Waals surface area contributed by atoms with Crippen LogP contribution in [0.15, 0.2) is 247 Å². The molecular formula is C68H40N4O. The number of fused-ring (bicyclic) bond motifs is 15. The van der Waals surface area contributed by atoms with Gasteiger partial charge >= 0.3 is 0 Å². The van der Waals surface area contributed by atoms with Gasteiger partial charge in [0.05, 0.1) is 45.8 Å². The molecule has 15 aromatic rings. The number of hydrogen-bond donors (Lipinski definition) is 0. The van der Waals surface area contributed by atoms with Crippen molar-refractivity contribution in [3.63, 3.8) is 0 Å². The summed E-state index contributed by atoms with van der Waals surface area (Å²) in [6.07, 6.45) is 3.83. The first kappa shape index (κ1) is 41.0. The standard InChI is InChI=1S/C68H40N4O/c1-5-25-55-51(21-1)53-23-3-7-27-57(53)67-65(55)69-39-61(71-67)49-19-11-17-45(35-49)41-13-9-15-43(33-41)47-29-31-63-59(37-47)60-38-48(30-32-64(60)73-63)44-16-10-14-42(34-44)46-18-12-20-50(36-46)62-40-70-66-56-26-6-2-22-52(56)54-24-4-8-28-58(54)68(66)72-62/h1-40H. The number of aromatic nitrogens is 4. The van der Waals surface area contributed by atoms with Gasteiger partial charge in [0, 0.05) is 43.4 Å². The van der Waals surface area contributed by atoms with Gasteiger partial charge in [-0.3, -0.25) is 9.97 Å². The van der Waals surface area contributed by atoms with E-state index in [0.29, 0.717) is 0 Å². The molecule has 338 valence electrons. The van der Waals surface area contributed by atoms with E-state index in [9.17, 15) is 0 Å². The topological polar surface area (TPSA) is 64.7 Å². The lowest BCUT2D eigenvalue weighted by molar-refractivity contribution is 0.669. The highest BCUT2D eigenvalue weighted by Gasteiger charge is 2.16. The van der Waals surface area contributed by atoms with E-state index in [1.54, 1.807) is 0 Å². The second kappa shape index (κ2) is 16.4. The van der Waals surface area contributed by atoms with Gasteiger partial charge in [-0.25, -0.2) is 9.97 Å². The van der Waals surface area contributed by atoms with Crippen LogP contribution in [0.2, 0.25) is 0 Å². The van der Waals surface area contributed by atoms with Gasteiger partial charge in [-0.2, -0.15) is 0 Å². The second-order valence-corrected chi connectivity index (χ2v) is 18.9. The fraction of sp³-hybridized carbons (Fsp3) is 0. The van der Waals surface area contributed by atoms with E-state index in [-0.39, 0.29) is 0 Å². The van der Waals surface area contributed by atoms with Crippen molar-refractivity contribution in [3.8, 4) is 67.0 Å². The molecule has 73 heavy (non-hydrogen) atoms. The highest BCUT2D eigenvalue weighted by Crippen LogP contribution is 2.40. The first-order valence-electron chi connectivity index (χ1n) is 24.7. The Balaban J connectivity index is 0.744. The van der Waals surface area contributed by atoms with Crippen LogP contribution >= 0.6 is 0 Å². The molecule has 3 heterocycles. The molecule has 0 amide bonds. The van der Waals surface area contributed by atoms with Crippen LogP contribution in [-0.2, 0) is 0 Å². The van der Waals surface area contributed by atoms with Crippen LogP contribution in [0, 0.1) is 0 Å². The van der Waals surface area contributed by atoms with Gasteiger partial charge in [0.1, 0.15) is 11.2 Å². The fourth-order valence-corrected chi connectivity index (χ4v) is 11.1. The number of rotatable bonds is 6. The zero-order valence-electron chi connectivity index (χ0n) is 39.3. The van der Waals surface area contributed by atoms with E-state index in [0.717, 1.165) is 133 Å². The molecule has 3 aromatic heterocycles. The molecule has 0 aliphatic rings. The third kappa shape index (κ3) is 6.78. The van der Waals surface area contributed by atoms with Crippen molar-refractivity contribution in [1.29, 1.82) is 0 Å². The summed E-state index contributed by atoms with van der Waals surface area (Å²) in [5, 5.41) is 11.4. The lowest BCUT2D eigenvalue weighted by Gasteiger charge is -2.11. The van der Waals surface area contributed by atoms with Crippen LogP contribution in [0.4, 0.5) is 0 Å². The molecule has 0 radical (unpaired) electrons. The number of hydrogen-bond acceptors (Lipinski definition) is 5. The van der Waals surface area contributed by atoms with Crippen molar-refractivity contribution >= 4 is 87.1 Å². The van der Waals surface area contributed by atoms with Gasteiger partial charge in [-0.15, -0.1) is 0 Å². The molecule has 5 nitrogen and oxygen atoms in total. The van der Waals surface area contributed by atoms with E-state index in [1.807, 2.05) is 12.4 Å². The zero-order chi connectivity index (χ0) is 48.0. The van der Waals surface area contributed by atoms with Crippen molar-refractivity contribution in [3.05, 3.63) is 243 Å². The van der Waals surface area contributed by atoms with Crippen LogP contribution in [-0.4, -0.2) is 19.9 Å². The van der Waals surface area contributed by atoms with Crippen LogP contribution < -0.4 is 0 Å². The Kier molecular flexibility index (Phi) is 9.19. The van der Waals surface area contributed by atoms with E-state index < -0.39 is 0 Å². The summed E-state index contributed by atoms with van der Waals surface area (Å²) in [7, 11) is 0. The van der Waals surface area contributed by atoms with E-state index in [2.05, 4.69) is 231 Å². The minimum absolute atomic E-state index is 0.846. The summed E-state index contributed by atoms with van der Waals surface area (Å²) >= 11 is 0. The molecule has 0 unspecified atom stereocenters. The summed E-state index contributed by atoms with van der Waals surface area (Å²) in [5.41, 5.74) is 18.1. The maximum atomic E-state index is 6.45. The summed E-state index contributed by atoms with van der Waals surface area (Å²) in [5.74, 6) is 0. The Labute approximate surface area is 419 Å². The van der Waals surface area contributed by atoms with Crippen molar-refractivity contribution in [1.82, 2.24) is 19.9 Å². The molecule has 0 fully saturated rings. The lowest BCUT2D eigenvalue weighted by atomic mass is 9.95. The second-order valence-electron chi connectivity index (χ2n) is 18.9. The molecule has 0 spiro atoms. The molecule has 12 aromatic carbocycles. The van der Waals surface area contributed by atoms with Crippen LogP contribution in [0.5, 0.6) is 0 Å². The quantitative estimate of drug-likeness (QED) is 0.155. The Bertz CT molecular complexity index is 4390. The smallest absolute Gasteiger partial charge is 0.135 e. The summed E-state index contributed by atoms with van der Waals surface area (Å²) in [6, 6.07) is 81.8. The minimum atomic E-state index is 0.846. The predicted molar refractivity (Wildman–Crippen MR) is 303 cm³/mol. The normalized spacial score (nSPS) is 11.8. The number of nitrogens with zero attached hydrogens (tertiary/aromatic N) is 4. The summed E-state index contributed by atoms with van der Waals surface area (Å²) in [4.78, 5) is 20.6. The van der Waals surface area contributed by atoms with Crippen LogP contribution in [0.3, 0.4) is 0 Å². The van der Waals surface area contributed by atoms with Gasteiger partial charge in [0.2, 0.25) is 0 Å². The minimum Gasteiger partial charge on any atom is -0.456 e. The molecule has 0 bridgehead atoms. The van der Waals surface area contributed by atoms with Crippen molar-refractivity contribution in [2.24, 2.45) is 0 Å². The maximum absolute atomic E-state index is 6.45. The van der Waals surface area contributed by atoms with E-state index in [1.165, 1.54) is 21.5 Å². The van der Waals surface area contributed by atoms with Gasteiger partial charge in [0.15, 0.2) is 0 Å². The SMILES string of the molecule is c1cc(-c2cccc(-c3cnc4c5ccccc5c5ccccc5c4n3)c2)cc(-c2ccc3oc4ccc(-c5cccc(-c6cccc(-c7cnc8c9ccccc9c9ccccc9c8n7)c6)c5)cc4c3c2)c1. The van der Waals surface area contributed by atoms with Crippen LogP contribution in [0.1, 0.15) is 0 Å². The predicted octanol–water partition coefficient (Wildman–Crippen LogP) is 18.1. The Morgan fingerprint density at radius 3 is 0.863 bits per heavy atom. The molecule has 0 atom stereocenters. The Morgan fingerprint density at radius 2 is 0.507 bits per heavy atom. The average molecular weight is 929 g/mol. The third-order valence-corrected chi connectivity index (χ3v) is 14.7. The van der Waals surface area contributed by atoms with Crippen molar-refractivity contribution < 1.29 is 4.42 Å². The fourth-order valence-electron chi connectivity index (χ4n) is 11.1. The molecule has 0 N–H and O–H groups in total. The van der Waals surface area contributed by atoms with E-state index >= 15 is 0 Å². The molecule has 0 saturated carbocycles. The average Bonchev–Trinajstić information content (AvgIpc) is 3.84. The molecule has 0 saturated heterocycles. The third-order valence-electron chi connectivity index (χ3n) is 14.7. The zero-order valence-corrected chi connectivity index (χ0v) is 39.3. The molecule has 15 rings (SSSR count). The Hall–Kier alpha value is -9.84. The molecular weight excluding hydrogens is 889 g/mol. The van der Waals surface area contributed by atoms with Gasteiger partial charge in [-0.1, -0.05) is 182 Å². The maximum Gasteiger partial charge on any atom is 0.135 e. The monoisotopic (exact) mass is 928 g/mol. The molecule has 0 aliphatic carbocycles. The van der Waals surface area contributed by atoms with Crippen molar-refractivity contribution in [2.45, 2.75) is 0 Å². The van der Waals surface area contributed by atoms with Crippen LogP contribution in [0.25, 0.3) is 154 Å². The molecule has 5 heteroatoms. The van der Waals surface area contributed by atoms with Gasteiger partial charge in [0.25, 0.3) is 0 Å². The first-order chi connectivity index (χ1) is 36.1. The van der Waals surface area contributed by atoms with Crippen molar-refractivity contribution in [2.75, 3.05) is 0 Å². The van der Waals surface area contributed by atoms with E-state index in [4.69, 9.17) is 24.4 Å². The summed E-state index contributed by atoms with van der Waals surface area (Å²) < 4.78 is 6.45.